The minimum atomic E-state index is -0.334. The maximum absolute atomic E-state index is 12.9. The van der Waals surface area contributed by atoms with E-state index in [4.69, 9.17) is 0 Å². The molecule has 1 unspecified atom stereocenters. The van der Waals surface area contributed by atoms with Crippen molar-refractivity contribution in [1.82, 2.24) is 4.90 Å². The topological polar surface area (TPSA) is 20.3 Å². The van der Waals surface area contributed by atoms with Gasteiger partial charge in [-0.3, -0.25) is 9.69 Å². The van der Waals surface area contributed by atoms with Crippen molar-refractivity contribution in [2.75, 3.05) is 6.54 Å². The molecule has 108 valence electrons. The van der Waals surface area contributed by atoms with E-state index in [9.17, 15) is 4.79 Å². The summed E-state index contributed by atoms with van der Waals surface area (Å²) in [5, 5.41) is 0. The molecule has 2 heteroatoms. The van der Waals surface area contributed by atoms with Crippen LogP contribution in [0.2, 0.25) is 0 Å². The summed E-state index contributed by atoms with van der Waals surface area (Å²) in [6.45, 7) is 3.37. The van der Waals surface area contributed by atoms with Crippen LogP contribution < -0.4 is 0 Å². The van der Waals surface area contributed by atoms with Gasteiger partial charge in [-0.05, 0) is 44.7 Å². The van der Waals surface area contributed by atoms with Gasteiger partial charge in [0.05, 0.1) is 0 Å². The molecule has 2 fully saturated rings. The average molecular weight is 271 g/mol. The van der Waals surface area contributed by atoms with Crippen molar-refractivity contribution >= 4 is 5.78 Å². The Morgan fingerprint density at radius 2 is 1.90 bits per heavy atom. The van der Waals surface area contributed by atoms with Crippen molar-refractivity contribution in [3.63, 3.8) is 0 Å². The molecule has 1 aliphatic heterocycles. The lowest BCUT2D eigenvalue weighted by Gasteiger charge is -2.50. The van der Waals surface area contributed by atoms with Crippen LogP contribution in [0.4, 0.5) is 0 Å². The number of ketones is 1. The highest BCUT2D eigenvalue weighted by molar-refractivity contribution is 5.90. The smallest absolute Gasteiger partial charge is 0.157 e. The number of rotatable bonds is 2. The fourth-order valence-electron chi connectivity index (χ4n) is 4.17. The Morgan fingerprint density at radius 3 is 2.60 bits per heavy atom. The lowest BCUT2D eigenvalue weighted by molar-refractivity contribution is -0.138. The molecule has 2 aliphatic rings. The normalized spacial score (nSPS) is 32.2. The number of hydrogen-bond donors (Lipinski definition) is 0. The van der Waals surface area contributed by atoms with Gasteiger partial charge in [0.25, 0.3) is 0 Å². The second-order valence-corrected chi connectivity index (χ2v) is 6.39. The van der Waals surface area contributed by atoms with Crippen molar-refractivity contribution in [2.24, 2.45) is 0 Å². The Kier molecular flexibility index (Phi) is 3.93. The van der Waals surface area contributed by atoms with Crippen LogP contribution in [0.25, 0.3) is 0 Å². The first-order chi connectivity index (χ1) is 9.75. The Hall–Kier alpha value is -1.15. The number of piperidine rings is 1. The summed E-state index contributed by atoms with van der Waals surface area (Å²) in [6.07, 6.45) is 7.74. The third kappa shape index (κ3) is 2.20. The van der Waals surface area contributed by atoms with Crippen LogP contribution in [-0.4, -0.2) is 23.3 Å². The Balaban J connectivity index is 2.05. The number of likely N-dealkylation sites (tertiary alicyclic amines) is 1. The van der Waals surface area contributed by atoms with Crippen LogP contribution >= 0.6 is 0 Å². The van der Waals surface area contributed by atoms with E-state index in [0.29, 0.717) is 11.8 Å². The summed E-state index contributed by atoms with van der Waals surface area (Å²) in [5.74, 6) is 0.448. The first kappa shape index (κ1) is 13.8. The van der Waals surface area contributed by atoms with Crippen LogP contribution in [-0.2, 0) is 10.3 Å². The summed E-state index contributed by atoms with van der Waals surface area (Å²) >= 11 is 0. The first-order valence-corrected chi connectivity index (χ1v) is 8.11. The van der Waals surface area contributed by atoms with Crippen LogP contribution in [0.15, 0.2) is 30.3 Å². The second kappa shape index (κ2) is 5.69. The SMILES string of the molecule is CC1CCCCN1[C@@]1(c2ccccc2)CCCCC1=O. The molecular formula is C18H25NO. The first-order valence-electron chi connectivity index (χ1n) is 8.11. The summed E-state index contributed by atoms with van der Waals surface area (Å²) in [4.78, 5) is 15.4. The van der Waals surface area contributed by atoms with Crippen LogP contribution in [0.5, 0.6) is 0 Å². The Labute approximate surface area is 122 Å². The van der Waals surface area contributed by atoms with Gasteiger partial charge in [0.1, 0.15) is 5.54 Å². The molecule has 1 aliphatic carbocycles. The molecule has 1 saturated heterocycles. The van der Waals surface area contributed by atoms with Gasteiger partial charge in [0.15, 0.2) is 5.78 Å². The highest BCUT2D eigenvalue weighted by Crippen LogP contribution is 2.42. The Bertz CT molecular complexity index is 470. The molecule has 0 radical (unpaired) electrons. The number of benzene rings is 1. The molecule has 0 spiro atoms. The van der Waals surface area contributed by atoms with Gasteiger partial charge in [-0.25, -0.2) is 0 Å². The van der Waals surface area contributed by atoms with E-state index >= 15 is 0 Å². The van der Waals surface area contributed by atoms with Gasteiger partial charge in [0.2, 0.25) is 0 Å². The van der Waals surface area contributed by atoms with Crippen molar-refractivity contribution < 1.29 is 4.79 Å². The van der Waals surface area contributed by atoms with Crippen molar-refractivity contribution in [3.05, 3.63) is 35.9 Å². The standard InChI is InChI=1S/C18H25NO/c1-15-9-6-8-14-19(15)18(13-7-5-12-17(18)20)16-10-3-2-4-11-16/h2-4,10-11,15H,5-9,12-14H2,1H3/t15?,18-/m1/s1. The molecule has 0 amide bonds. The second-order valence-electron chi connectivity index (χ2n) is 6.39. The zero-order valence-corrected chi connectivity index (χ0v) is 12.5. The number of carbonyl (C=O) groups excluding carboxylic acids is 1. The minimum Gasteiger partial charge on any atom is -0.297 e. The Morgan fingerprint density at radius 1 is 1.10 bits per heavy atom. The van der Waals surface area contributed by atoms with Crippen LogP contribution in [0, 0.1) is 0 Å². The van der Waals surface area contributed by atoms with Crippen molar-refractivity contribution in [2.45, 2.75) is 63.5 Å². The fraction of sp³-hybridized carbons (Fsp3) is 0.611. The van der Waals surface area contributed by atoms with Gasteiger partial charge in [0, 0.05) is 12.5 Å². The van der Waals surface area contributed by atoms with Gasteiger partial charge >= 0.3 is 0 Å². The highest BCUT2D eigenvalue weighted by atomic mass is 16.1. The molecule has 1 aromatic rings. The quantitative estimate of drug-likeness (QED) is 0.813. The van der Waals surface area contributed by atoms with E-state index in [-0.39, 0.29) is 5.54 Å². The highest BCUT2D eigenvalue weighted by Gasteiger charge is 2.48. The van der Waals surface area contributed by atoms with E-state index in [1.807, 2.05) is 6.07 Å². The molecular weight excluding hydrogens is 246 g/mol. The molecule has 1 heterocycles. The average Bonchev–Trinajstić information content (AvgIpc) is 2.50. The van der Waals surface area contributed by atoms with Crippen molar-refractivity contribution in [3.8, 4) is 0 Å². The van der Waals surface area contributed by atoms with Crippen molar-refractivity contribution in [1.29, 1.82) is 0 Å². The van der Waals surface area contributed by atoms with E-state index in [1.165, 1.54) is 31.2 Å². The molecule has 0 bridgehead atoms. The lowest BCUT2D eigenvalue weighted by atomic mass is 9.72. The number of carbonyl (C=O) groups is 1. The molecule has 3 rings (SSSR count). The third-order valence-corrected chi connectivity index (χ3v) is 5.20. The zero-order valence-electron chi connectivity index (χ0n) is 12.5. The van der Waals surface area contributed by atoms with Gasteiger partial charge in [-0.2, -0.15) is 0 Å². The molecule has 0 N–H and O–H groups in total. The number of hydrogen-bond acceptors (Lipinski definition) is 2. The van der Waals surface area contributed by atoms with Crippen LogP contribution in [0.3, 0.4) is 0 Å². The largest absolute Gasteiger partial charge is 0.297 e. The number of Topliss-reactive ketones (excluding diaryl/α,β-unsaturated/α-hetero) is 1. The number of nitrogens with zero attached hydrogens (tertiary/aromatic N) is 1. The van der Waals surface area contributed by atoms with Crippen LogP contribution in [0.1, 0.15) is 57.4 Å². The zero-order chi connectivity index (χ0) is 14.0. The monoisotopic (exact) mass is 271 g/mol. The van der Waals surface area contributed by atoms with Gasteiger partial charge in [-0.15, -0.1) is 0 Å². The summed E-state index contributed by atoms with van der Waals surface area (Å²) in [5.41, 5.74) is 0.887. The summed E-state index contributed by atoms with van der Waals surface area (Å²) < 4.78 is 0. The molecule has 20 heavy (non-hydrogen) atoms. The fourth-order valence-corrected chi connectivity index (χ4v) is 4.17. The predicted molar refractivity (Wildman–Crippen MR) is 81.6 cm³/mol. The molecule has 2 nitrogen and oxygen atoms in total. The van der Waals surface area contributed by atoms with E-state index < -0.39 is 0 Å². The van der Waals surface area contributed by atoms with E-state index in [0.717, 1.165) is 25.8 Å². The molecule has 1 saturated carbocycles. The lowest BCUT2D eigenvalue weighted by Crippen LogP contribution is -2.58. The van der Waals surface area contributed by atoms with E-state index in [1.54, 1.807) is 0 Å². The molecule has 2 atom stereocenters. The van der Waals surface area contributed by atoms with Gasteiger partial charge in [-0.1, -0.05) is 43.2 Å². The minimum absolute atomic E-state index is 0.334. The third-order valence-electron chi connectivity index (χ3n) is 5.20. The summed E-state index contributed by atoms with van der Waals surface area (Å²) in [7, 11) is 0. The maximum atomic E-state index is 12.9. The van der Waals surface area contributed by atoms with E-state index in [2.05, 4.69) is 36.1 Å². The predicted octanol–water partition coefficient (Wildman–Crippen LogP) is 3.90. The maximum Gasteiger partial charge on any atom is 0.157 e. The molecule has 0 aromatic heterocycles. The van der Waals surface area contributed by atoms with Gasteiger partial charge < -0.3 is 0 Å². The summed E-state index contributed by atoms with van der Waals surface area (Å²) in [6, 6.07) is 11.0. The molecule has 1 aromatic carbocycles.